The molecular formula is C31H47N5O. The van der Waals surface area contributed by atoms with Crippen LogP contribution in [0.3, 0.4) is 0 Å². The van der Waals surface area contributed by atoms with Gasteiger partial charge in [0.15, 0.2) is 5.65 Å². The van der Waals surface area contributed by atoms with Crippen molar-refractivity contribution in [2.45, 2.75) is 99.3 Å². The maximum absolute atomic E-state index is 13.8. The number of allylic oxidation sites excluding steroid dienone is 1. The fraction of sp³-hybridized carbons (Fsp3) is 0.548. The molecule has 0 spiro atoms. The molecule has 2 heterocycles. The van der Waals surface area contributed by atoms with E-state index in [-0.39, 0.29) is 11.0 Å². The summed E-state index contributed by atoms with van der Waals surface area (Å²) in [5.74, 6) is 0. The second kappa shape index (κ2) is 12.0. The lowest BCUT2D eigenvalue weighted by atomic mass is 9.87. The molecule has 2 N–H and O–H groups in total. The summed E-state index contributed by atoms with van der Waals surface area (Å²) < 4.78 is 1.61. The van der Waals surface area contributed by atoms with Gasteiger partial charge >= 0.3 is 0 Å². The summed E-state index contributed by atoms with van der Waals surface area (Å²) >= 11 is 0. The smallest absolute Gasteiger partial charge is 0.276 e. The van der Waals surface area contributed by atoms with E-state index in [1.165, 1.54) is 24.9 Å². The van der Waals surface area contributed by atoms with Gasteiger partial charge in [0, 0.05) is 35.4 Å². The maximum atomic E-state index is 13.8. The summed E-state index contributed by atoms with van der Waals surface area (Å²) in [5.41, 5.74) is 7.86. The number of aryl methyl sites for hydroxylation is 1. The lowest BCUT2D eigenvalue weighted by Crippen LogP contribution is -2.28. The predicted octanol–water partition coefficient (Wildman–Crippen LogP) is 7.76. The summed E-state index contributed by atoms with van der Waals surface area (Å²) in [7, 11) is 0. The van der Waals surface area contributed by atoms with Gasteiger partial charge in [-0.2, -0.15) is 4.52 Å². The van der Waals surface area contributed by atoms with Gasteiger partial charge < -0.3 is 10.2 Å². The van der Waals surface area contributed by atoms with Crippen LogP contribution in [0.2, 0.25) is 0 Å². The molecule has 0 fully saturated rings. The van der Waals surface area contributed by atoms with Crippen molar-refractivity contribution in [2.75, 3.05) is 23.3 Å². The Morgan fingerprint density at radius 3 is 2.35 bits per heavy atom. The topological polar surface area (TPSA) is 65.4 Å². The molecule has 0 saturated carbocycles. The van der Waals surface area contributed by atoms with Crippen molar-refractivity contribution in [1.82, 2.24) is 14.6 Å². The SMILES string of the molecule is C=C(C)c1[nH]n2c(=O)c(CCCCCCC)c(C(C)(C)C)nc2c1Nc1ccc(N(CC)CC)cc1C. The standard InChI is InChI=1S/C31H47N5O/c1-10-13-14-15-16-17-24-28(31(7,8)9)33-29-27(26(21(4)5)34-36(29)30(24)37)32-25-19-18-23(20-22(25)6)35(11-2)12-3/h18-20,32,34H,4,10-17H2,1-3,5-9H3. The monoisotopic (exact) mass is 505 g/mol. The van der Waals surface area contributed by atoms with Crippen LogP contribution in [-0.2, 0) is 11.8 Å². The van der Waals surface area contributed by atoms with Gasteiger partial charge in [0.25, 0.3) is 5.56 Å². The van der Waals surface area contributed by atoms with E-state index >= 15 is 0 Å². The predicted molar refractivity (Wildman–Crippen MR) is 160 cm³/mol. The second-order valence-electron chi connectivity index (χ2n) is 11.3. The maximum Gasteiger partial charge on any atom is 0.276 e. The number of aromatic nitrogens is 3. The summed E-state index contributed by atoms with van der Waals surface area (Å²) in [6.45, 7) is 23.2. The van der Waals surface area contributed by atoms with Crippen LogP contribution in [-0.4, -0.2) is 27.7 Å². The number of unbranched alkanes of at least 4 members (excludes halogenated alkanes) is 4. The van der Waals surface area contributed by atoms with Crippen molar-refractivity contribution in [3.63, 3.8) is 0 Å². The van der Waals surface area contributed by atoms with Crippen LogP contribution in [0, 0.1) is 6.92 Å². The summed E-state index contributed by atoms with van der Waals surface area (Å²) in [6, 6.07) is 6.47. The molecule has 0 aliphatic carbocycles. The number of H-pyrrole nitrogens is 1. The van der Waals surface area contributed by atoms with E-state index < -0.39 is 0 Å². The molecule has 3 aromatic rings. The van der Waals surface area contributed by atoms with Gasteiger partial charge in [-0.1, -0.05) is 60.0 Å². The summed E-state index contributed by atoms with van der Waals surface area (Å²) in [4.78, 5) is 21.3. The molecule has 37 heavy (non-hydrogen) atoms. The van der Waals surface area contributed by atoms with Crippen molar-refractivity contribution in [1.29, 1.82) is 0 Å². The van der Waals surface area contributed by atoms with E-state index in [0.717, 1.165) is 71.8 Å². The van der Waals surface area contributed by atoms with Crippen molar-refractivity contribution < 1.29 is 0 Å². The van der Waals surface area contributed by atoms with Crippen molar-refractivity contribution in [2.24, 2.45) is 0 Å². The summed E-state index contributed by atoms with van der Waals surface area (Å²) in [6.07, 6.45) is 6.55. The van der Waals surface area contributed by atoms with E-state index in [2.05, 4.69) is 88.6 Å². The highest BCUT2D eigenvalue weighted by Gasteiger charge is 2.26. The third-order valence-corrected chi connectivity index (χ3v) is 7.14. The zero-order valence-corrected chi connectivity index (χ0v) is 24.3. The highest BCUT2D eigenvalue weighted by atomic mass is 16.1. The number of benzene rings is 1. The largest absolute Gasteiger partial charge is 0.372 e. The number of aromatic amines is 1. The first-order chi connectivity index (χ1) is 17.5. The Balaban J connectivity index is 2.11. The molecular weight excluding hydrogens is 458 g/mol. The lowest BCUT2D eigenvalue weighted by Gasteiger charge is -2.23. The highest BCUT2D eigenvalue weighted by molar-refractivity contribution is 5.86. The van der Waals surface area contributed by atoms with Crippen LogP contribution in [0.1, 0.15) is 103 Å². The molecule has 0 amide bonds. The van der Waals surface area contributed by atoms with Crippen molar-refractivity contribution in [3.05, 3.63) is 57.6 Å². The minimum absolute atomic E-state index is 0.00503. The number of fused-ring (bicyclic) bond motifs is 1. The Labute approximate surface area is 223 Å². The molecule has 0 saturated heterocycles. The Kier molecular flexibility index (Phi) is 9.27. The number of nitrogens with one attached hydrogen (secondary N) is 2. The zero-order chi connectivity index (χ0) is 27.3. The summed E-state index contributed by atoms with van der Waals surface area (Å²) in [5, 5.41) is 6.93. The fourth-order valence-corrected chi connectivity index (χ4v) is 4.99. The zero-order valence-electron chi connectivity index (χ0n) is 24.3. The van der Waals surface area contributed by atoms with Crippen LogP contribution in [0.15, 0.2) is 29.6 Å². The molecule has 0 aliphatic heterocycles. The minimum atomic E-state index is -0.244. The van der Waals surface area contributed by atoms with E-state index in [4.69, 9.17) is 4.98 Å². The van der Waals surface area contributed by atoms with Gasteiger partial charge in [-0.15, -0.1) is 0 Å². The Bertz CT molecular complexity index is 1290. The quantitative estimate of drug-likeness (QED) is 0.247. The van der Waals surface area contributed by atoms with Crippen molar-refractivity contribution in [3.8, 4) is 0 Å². The average Bonchev–Trinajstić information content (AvgIpc) is 3.20. The Morgan fingerprint density at radius 1 is 1.11 bits per heavy atom. The molecule has 6 heteroatoms. The third-order valence-electron chi connectivity index (χ3n) is 7.14. The first-order valence-corrected chi connectivity index (χ1v) is 14.0. The van der Waals surface area contributed by atoms with Crippen LogP contribution in [0.5, 0.6) is 0 Å². The first-order valence-electron chi connectivity index (χ1n) is 14.0. The number of hydrogen-bond donors (Lipinski definition) is 2. The van der Waals surface area contributed by atoms with E-state index in [9.17, 15) is 4.79 Å². The van der Waals surface area contributed by atoms with Gasteiger partial charge in [0.05, 0.1) is 11.4 Å². The Morgan fingerprint density at radius 2 is 1.78 bits per heavy atom. The molecule has 3 rings (SSSR count). The van der Waals surface area contributed by atoms with Gasteiger partial charge in [-0.25, -0.2) is 4.98 Å². The second-order valence-corrected chi connectivity index (χ2v) is 11.3. The number of anilines is 3. The first kappa shape index (κ1) is 28.5. The van der Waals surface area contributed by atoms with Crippen LogP contribution < -0.4 is 15.8 Å². The number of rotatable bonds is 12. The van der Waals surface area contributed by atoms with Crippen LogP contribution in [0.4, 0.5) is 17.1 Å². The van der Waals surface area contributed by atoms with Crippen LogP contribution >= 0.6 is 0 Å². The van der Waals surface area contributed by atoms with Gasteiger partial charge in [0.1, 0.15) is 5.69 Å². The van der Waals surface area contributed by atoms with Gasteiger partial charge in [0.2, 0.25) is 0 Å². The molecule has 2 aromatic heterocycles. The molecule has 6 nitrogen and oxygen atoms in total. The Hall–Kier alpha value is -3.02. The van der Waals surface area contributed by atoms with Crippen LogP contribution in [0.25, 0.3) is 11.2 Å². The van der Waals surface area contributed by atoms with E-state index in [0.29, 0.717) is 5.65 Å². The molecule has 0 aliphatic rings. The molecule has 0 bridgehead atoms. The normalized spacial score (nSPS) is 11.8. The number of nitrogens with zero attached hydrogens (tertiary/aromatic N) is 3. The van der Waals surface area contributed by atoms with Gasteiger partial charge in [-0.05, 0) is 69.9 Å². The van der Waals surface area contributed by atoms with E-state index in [1.54, 1.807) is 4.52 Å². The molecule has 1 aromatic carbocycles. The van der Waals surface area contributed by atoms with Crippen molar-refractivity contribution >= 4 is 28.3 Å². The number of hydrogen-bond acceptors (Lipinski definition) is 4. The molecule has 0 atom stereocenters. The lowest BCUT2D eigenvalue weighted by molar-refractivity contribution is 0.549. The highest BCUT2D eigenvalue weighted by Crippen LogP contribution is 2.33. The third kappa shape index (κ3) is 6.28. The molecule has 0 radical (unpaired) electrons. The van der Waals surface area contributed by atoms with E-state index in [1.807, 2.05) is 6.92 Å². The minimum Gasteiger partial charge on any atom is -0.372 e. The van der Waals surface area contributed by atoms with Gasteiger partial charge in [-0.3, -0.25) is 9.89 Å². The molecule has 202 valence electrons. The molecule has 0 unspecified atom stereocenters. The average molecular weight is 506 g/mol. The fourth-order valence-electron chi connectivity index (χ4n) is 4.99.